The Kier molecular flexibility index (Phi) is 4.06. The second-order valence-electron chi connectivity index (χ2n) is 5.52. The van der Waals surface area contributed by atoms with Gasteiger partial charge in [-0.05, 0) is 31.4 Å². The van der Waals surface area contributed by atoms with E-state index in [1.165, 1.54) is 12.1 Å². The number of hydrogen-bond donors (Lipinski definition) is 1. The molecule has 7 nitrogen and oxygen atoms in total. The number of rotatable bonds is 4. The molecule has 0 atom stereocenters. The van der Waals surface area contributed by atoms with E-state index < -0.39 is 14.9 Å². The number of fused-ring (bicyclic) bond motifs is 1. The summed E-state index contributed by atoms with van der Waals surface area (Å²) in [5.41, 5.74) is 2.87. The first-order valence-electron chi connectivity index (χ1n) is 7.30. The second kappa shape index (κ2) is 6.04. The molecule has 0 fully saturated rings. The summed E-state index contributed by atoms with van der Waals surface area (Å²) in [4.78, 5) is 12.4. The zero-order valence-corrected chi connectivity index (χ0v) is 13.7. The zero-order chi connectivity index (χ0) is 17.3. The van der Waals surface area contributed by atoms with Crippen molar-refractivity contribution in [3.8, 4) is 0 Å². The number of aryl methyl sites for hydroxylation is 2. The van der Waals surface area contributed by atoms with Crippen molar-refractivity contribution < 1.29 is 13.3 Å². The van der Waals surface area contributed by atoms with Crippen LogP contribution in [0.3, 0.4) is 0 Å². The molecule has 2 aromatic rings. The van der Waals surface area contributed by atoms with Crippen LogP contribution in [0.5, 0.6) is 0 Å². The van der Waals surface area contributed by atoms with Crippen molar-refractivity contribution in [1.82, 2.24) is 4.83 Å². The molecule has 124 valence electrons. The Bertz CT molecular complexity index is 952. The van der Waals surface area contributed by atoms with Gasteiger partial charge in [0.2, 0.25) is 0 Å². The van der Waals surface area contributed by atoms with Gasteiger partial charge in [-0.2, -0.15) is 18.4 Å². The van der Waals surface area contributed by atoms with Crippen LogP contribution in [0.4, 0.5) is 5.69 Å². The highest BCUT2D eigenvalue weighted by Crippen LogP contribution is 2.24. The average molecular weight is 345 g/mol. The minimum atomic E-state index is -3.97. The lowest BCUT2D eigenvalue weighted by Crippen LogP contribution is -2.20. The molecule has 1 N–H and O–H groups in total. The standard InChI is InChI=1S/C16H15N3O4S/c1-11-6-8-13(10-16(11)19(20)21)24(22,23)18-17-15-9-7-12-4-2-3-5-14(12)15/h2-6,8,10,18H,7,9H2,1H3. The molecule has 0 spiro atoms. The van der Waals surface area contributed by atoms with Crippen LogP contribution in [0.15, 0.2) is 52.5 Å². The van der Waals surface area contributed by atoms with Crippen molar-refractivity contribution in [2.75, 3.05) is 0 Å². The molecule has 0 amide bonds. The monoisotopic (exact) mass is 345 g/mol. The summed E-state index contributed by atoms with van der Waals surface area (Å²) in [6.45, 7) is 1.55. The minimum Gasteiger partial charge on any atom is -0.258 e. The molecule has 1 aliphatic rings. The first kappa shape index (κ1) is 16.1. The molecule has 0 saturated carbocycles. The smallest absolute Gasteiger partial charge is 0.258 e. The normalized spacial score (nSPS) is 15.3. The van der Waals surface area contributed by atoms with E-state index in [0.29, 0.717) is 17.7 Å². The fourth-order valence-corrected chi connectivity index (χ4v) is 3.49. The Morgan fingerprint density at radius 2 is 1.92 bits per heavy atom. The number of nitro groups is 1. The SMILES string of the molecule is Cc1ccc(S(=O)(=O)NN=C2CCc3ccccc32)cc1[N+](=O)[O-]. The van der Waals surface area contributed by atoms with Gasteiger partial charge in [0, 0.05) is 17.2 Å². The van der Waals surface area contributed by atoms with E-state index in [4.69, 9.17) is 0 Å². The lowest BCUT2D eigenvalue weighted by Gasteiger charge is -2.06. The third-order valence-corrected chi connectivity index (χ3v) is 5.15. The average Bonchev–Trinajstić information content (AvgIpc) is 2.96. The number of benzene rings is 2. The van der Waals surface area contributed by atoms with E-state index in [1.54, 1.807) is 6.92 Å². The summed E-state index contributed by atoms with van der Waals surface area (Å²) < 4.78 is 24.7. The van der Waals surface area contributed by atoms with Crippen LogP contribution >= 0.6 is 0 Å². The van der Waals surface area contributed by atoms with Crippen LogP contribution < -0.4 is 4.83 Å². The predicted octanol–water partition coefficient (Wildman–Crippen LogP) is 2.53. The van der Waals surface area contributed by atoms with Gasteiger partial charge in [-0.1, -0.05) is 30.3 Å². The van der Waals surface area contributed by atoms with E-state index >= 15 is 0 Å². The molecule has 0 unspecified atom stereocenters. The highest BCUT2D eigenvalue weighted by molar-refractivity contribution is 7.89. The molecule has 2 aromatic carbocycles. The van der Waals surface area contributed by atoms with Crippen molar-refractivity contribution in [1.29, 1.82) is 0 Å². The molecule has 0 heterocycles. The van der Waals surface area contributed by atoms with Gasteiger partial charge in [-0.25, -0.2) is 0 Å². The number of nitro benzene ring substituents is 1. The Morgan fingerprint density at radius 3 is 2.67 bits per heavy atom. The Labute approximate surface area is 139 Å². The van der Waals surface area contributed by atoms with Gasteiger partial charge in [0.1, 0.15) is 0 Å². The topological polar surface area (TPSA) is 102 Å². The minimum absolute atomic E-state index is 0.185. The molecule has 0 bridgehead atoms. The van der Waals surface area contributed by atoms with Crippen LogP contribution in [-0.4, -0.2) is 19.1 Å². The molecule has 1 aliphatic carbocycles. The van der Waals surface area contributed by atoms with E-state index in [-0.39, 0.29) is 10.6 Å². The van der Waals surface area contributed by atoms with Crippen molar-refractivity contribution >= 4 is 21.4 Å². The lowest BCUT2D eigenvalue weighted by molar-refractivity contribution is -0.385. The van der Waals surface area contributed by atoms with E-state index in [9.17, 15) is 18.5 Å². The van der Waals surface area contributed by atoms with Gasteiger partial charge in [0.05, 0.1) is 15.5 Å². The fraction of sp³-hybridized carbons (Fsp3) is 0.188. The van der Waals surface area contributed by atoms with Gasteiger partial charge in [-0.3, -0.25) is 10.1 Å². The summed E-state index contributed by atoms with van der Waals surface area (Å²) in [7, 11) is -3.97. The molecule has 3 rings (SSSR count). The van der Waals surface area contributed by atoms with E-state index in [1.807, 2.05) is 24.3 Å². The Balaban J connectivity index is 1.89. The maximum atomic E-state index is 12.3. The van der Waals surface area contributed by atoms with Gasteiger partial charge in [0.25, 0.3) is 15.7 Å². The number of hydrazone groups is 1. The number of hydrogen-bond acceptors (Lipinski definition) is 5. The maximum Gasteiger partial charge on any atom is 0.276 e. The lowest BCUT2D eigenvalue weighted by atomic mass is 10.1. The third-order valence-electron chi connectivity index (χ3n) is 3.95. The maximum absolute atomic E-state index is 12.3. The van der Waals surface area contributed by atoms with Crippen LogP contribution in [0.25, 0.3) is 0 Å². The molecule has 0 radical (unpaired) electrons. The van der Waals surface area contributed by atoms with Crippen molar-refractivity contribution in [3.63, 3.8) is 0 Å². The summed E-state index contributed by atoms with van der Waals surface area (Å²) in [5.74, 6) is 0. The van der Waals surface area contributed by atoms with Gasteiger partial charge in [0.15, 0.2) is 0 Å². The van der Waals surface area contributed by atoms with Crippen LogP contribution in [0, 0.1) is 17.0 Å². The largest absolute Gasteiger partial charge is 0.276 e. The van der Waals surface area contributed by atoms with Gasteiger partial charge < -0.3 is 0 Å². The van der Waals surface area contributed by atoms with Crippen LogP contribution in [0.2, 0.25) is 0 Å². The molecule has 8 heteroatoms. The first-order chi connectivity index (χ1) is 11.4. The second-order valence-corrected chi connectivity index (χ2v) is 7.18. The van der Waals surface area contributed by atoms with Crippen molar-refractivity contribution in [2.24, 2.45) is 5.10 Å². The Hall–Kier alpha value is -2.74. The Morgan fingerprint density at radius 1 is 1.17 bits per heavy atom. The molecule has 0 saturated heterocycles. The zero-order valence-electron chi connectivity index (χ0n) is 12.9. The number of nitrogens with one attached hydrogen (secondary N) is 1. The quantitative estimate of drug-likeness (QED) is 0.679. The van der Waals surface area contributed by atoms with Crippen LogP contribution in [-0.2, 0) is 16.4 Å². The van der Waals surface area contributed by atoms with E-state index in [0.717, 1.165) is 23.6 Å². The molecule has 0 aliphatic heterocycles. The molecular formula is C16H15N3O4S. The molecule has 0 aromatic heterocycles. The number of sulfonamides is 1. The molecule has 24 heavy (non-hydrogen) atoms. The first-order valence-corrected chi connectivity index (χ1v) is 8.78. The third kappa shape index (κ3) is 3.00. The summed E-state index contributed by atoms with van der Waals surface area (Å²) >= 11 is 0. The van der Waals surface area contributed by atoms with Crippen molar-refractivity contribution in [3.05, 3.63) is 69.3 Å². The summed E-state index contributed by atoms with van der Waals surface area (Å²) in [6.07, 6.45) is 1.46. The van der Waals surface area contributed by atoms with Gasteiger partial charge in [-0.15, -0.1) is 0 Å². The predicted molar refractivity (Wildman–Crippen MR) is 89.5 cm³/mol. The van der Waals surface area contributed by atoms with Gasteiger partial charge >= 0.3 is 0 Å². The fourth-order valence-electron chi connectivity index (χ4n) is 2.64. The van der Waals surface area contributed by atoms with Crippen molar-refractivity contribution in [2.45, 2.75) is 24.7 Å². The summed E-state index contributed by atoms with van der Waals surface area (Å²) in [6, 6.07) is 11.5. The highest BCUT2D eigenvalue weighted by atomic mass is 32.2. The van der Waals surface area contributed by atoms with E-state index in [2.05, 4.69) is 9.93 Å². The van der Waals surface area contributed by atoms with Crippen LogP contribution in [0.1, 0.15) is 23.1 Å². The molecular weight excluding hydrogens is 330 g/mol. The summed E-state index contributed by atoms with van der Waals surface area (Å²) in [5, 5.41) is 15.0. The highest BCUT2D eigenvalue weighted by Gasteiger charge is 2.21. The number of nitrogens with zero attached hydrogens (tertiary/aromatic N) is 2.